The molecule has 144 valence electrons. The van der Waals surface area contributed by atoms with Gasteiger partial charge in [-0.15, -0.1) is 0 Å². The average Bonchev–Trinajstić information content (AvgIpc) is 2.68. The smallest absolute Gasteiger partial charge is 0.270 e. The first-order valence-corrected chi connectivity index (χ1v) is 9.45. The largest absolute Gasteiger partial charge is 0.339 e. The van der Waals surface area contributed by atoms with Crippen LogP contribution in [0.1, 0.15) is 43.7 Å². The second-order valence-corrected chi connectivity index (χ2v) is 7.34. The molecule has 3 amide bonds. The zero-order valence-electron chi connectivity index (χ0n) is 15.9. The Hall–Kier alpha value is -2.70. The maximum atomic E-state index is 12.6. The molecular formula is C20H26N4O3. The summed E-state index contributed by atoms with van der Waals surface area (Å²) in [6, 6.07) is 8.19. The second kappa shape index (κ2) is 8.33. The number of carbonyl (C=O) groups excluding carboxylic acids is 3. The summed E-state index contributed by atoms with van der Waals surface area (Å²) in [5.41, 5.74) is 5.02. The van der Waals surface area contributed by atoms with E-state index in [4.69, 9.17) is 0 Å². The molecule has 0 aliphatic carbocycles. The van der Waals surface area contributed by atoms with Gasteiger partial charge in [0.05, 0.1) is 6.42 Å². The summed E-state index contributed by atoms with van der Waals surface area (Å²) in [4.78, 5) is 39.7. The number of hydrogen-bond acceptors (Lipinski definition) is 4. The van der Waals surface area contributed by atoms with Crippen molar-refractivity contribution in [2.24, 2.45) is 5.10 Å². The quantitative estimate of drug-likeness (QED) is 0.867. The molecule has 1 saturated heterocycles. The van der Waals surface area contributed by atoms with Crippen molar-refractivity contribution < 1.29 is 14.4 Å². The second-order valence-electron chi connectivity index (χ2n) is 7.34. The number of rotatable bonds is 4. The molecule has 2 aliphatic rings. The van der Waals surface area contributed by atoms with Crippen LogP contribution in [0.4, 0.5) is 0 Å². The predicted molar refractivity (Wildman–Crippen MR) is 102 cm³/mol. The Morgan fingerprint density at radius 3 is 2.22 bits per heavy atom. The maximum absolute atomic E-state index is 12.6. The summed E-state index contributed by atoms with van der Waals surface area (Å²) in [6.07, 6.45) is 1.04. The van der Waals surface area contributed by atoms with E-state index < -0.39 is 0 Å². The van der Waals surface area contributed by atoms with Crippen molar-refractivity contribution >= 4 is 23.4 Å². The number of benzene rings is 1. The number of nitrogens with one attached hydrogen (secondary N) is 1. The minimum absolute atomic E-state index is 0.0849. The molecule has 0 spiro atoms. The minimum Gasteiger partial charge on any atom is -0.339 e. The summed E-state index contributed by atoms with van der Waals surface area (Å²) < 4.78 is 0. The molecule has 2 heterocycles. The molecule has 1 aromatic carbocycles. The molecule has 0 bridgehead atoms. The lowest BCUT2D eigenvalue weighted by atomic mass is 10.0. The lowest BCUT2D eigenvalue weighted by Crippen LogP contribution is -2.53. The third-order valence-electron chi connectivity index (χ3n) is 5.07. The van der Waals surface area contributed by atoms with Crippen LogP contribution in [0.25, 0.3) is 0 Å². The van der Waals surface area contributed by atoms with Crippen molar-refractivity contribution in [2.45, 2.75) is 39.0 Å². The Morgan fingerprint density at radius 1 is 1.04 bits per heavy atom. The Morgan fingerprint density at radius 2 is 1.67 bits per heavy atom. The summed E-state index contributed by atoms with van der Waals surface area (Å²) >= 11 is 0. The number of nitrogens with zero attached hydrogens (tertiary/aromatic N) is 3. The van der Waals surface area contributed by atoms with E-state index in [1.807, 2.05) is 17.0 Å². The monoisotopic (exact) mass is 370 g/mol. The molecule has 0 saturated carbocycles. The van der Waals surface area contributed by atoms with Crippen molar-refractivity contribution in [3.05, 3.63) is 35.4 Å². The van der Waals surface area contributed by atoms with Gasteiger partial charge in [0, 0.05) is 39.0 Å². The van der Waals surface area contributed by atoms with Gasteiger partial charge in [-0.25, -0.2) is 5.43 Å². The first kappa shape index (κ1) is 19.1. The van der Waals surface area contributed by atoms with Crippen LogP contribution in [0, 0.1) is 0 Å². The summed E-state index contributed by atoms with van der Waals surface area (Å²) in [6.45, 7) is 6.32. The molecule has 7 heteroatoms. The van der Waals surface area contributed by atoms with Crippen LogP contribution < -0.4 is 5.43 Å². The van der Waals surface area contributed by atoms with Crippen LogP contribution in [-0.2, 0) is 20.8 Å². The van der Waals surface area contributed by atoms with Gasteiger partial charge in [0.15, 0.2) is 0 Å². The Bertz CT molecular complexity index is 747. The first-order valence-electron chi connectivity index (χ1n) is 9.45. The molecule has 1 N–H and O–H groups in total. The van der Waals surface area contributed by atoms with E-state index in [9.17, 15) is 14.4 Å². The molecule has 7 nitrogen and oxygen atoms in total. The van der Waals surface area contributed by atoms with Crippen LogP contribution >= 0.6 is 0 Å². The van der Waals surface area contributed by atoms with Gasteiger partial charge in [-0.05, 0) is 17.0 Å². The van der Waals surface area contributed by atoms with Crippen molar-refractivity contribution in [2.75, 3.05) is 26.2 Å². The fourth-order valence-corrected chi connectivity index (χ4v) is 3.28. The molecule has 27 heavy (non-hydrogen) atoms. The fourth-order valence-electron chi connectivity index (χ4n) is 3.28. The third kappa shape index (κ3) is 4.72. The number of piperazine rings is 1. The number of carbonyl (C=O) groups is 3. The number of hydrazone groups is 1. The highest BCUT2D eigenvalue weighted by Crippen LogP contribution is 2.16. The molecule has 0 aromatic heterocycles. The summed E-state index contributed by atoms with van der Waals surface area (Å²) in [5, 5.41) is 3.86. The van der Waals surface area contributed by atoms with E-state index in [0.29, 0.717) is 57.1 Å². The van der Waals surface area contributed by atoms with Gasteiger partial charge in [-0.3, -0.25) is 14.4 Å². The third-order valence-corrected chi connectivity index (χ3v) is 5.07. The van der Waals surface area contributed by atoms with E-state index in [-0.39, 0.29) is 17.7 Å². The van der Waals surface area contributed by atoms with E-state index in [1.54, 1.807) is 4.90 Å². The minimum atomic E-state index is -0.164. The highest BCUT2D eigenvalue weighted by Gasteiger charge is 2.28. The molecule has 1 aromatic rings. The molecule has 2 aliphatic heterocycles. The summed E-state index contributed by atoms with van der Waals surface area (Å²) in [5.74, 6) is 0.249. The lowest BCUT2D eigenvalue weighted by Gasteiger charge is -2.35. The van der Waals surface area contributed by atoms with Gasteiger partial charge < -0.3 is 9.80 Å². The van der Waals surface area contributed by atoms with Gasteiger partial charge in [-0.1, -0.05) is 38.1 Å². The Labute approximate surface area is 159 Å². The Balaban J connectivity index is 1.50. The average molecular weight is 370 g/mol. The number of amides is 3. The standard InChI is InChI=1S/C20H26N4O3/c1-14(2)16-5-3-15(4-6-16)13-19(26)23-9-11-24(12-10-23)20(27)17-7-8-18(25)22-21-17/h3-6,14H,7-13H2,1-2H3,(H,22,25). The topological polar surface area (TPSA) is 82.1 Å². The summed E-state index contributed by atoms with van der Waals surface area (Å²) in [7, 11) is 0. The van der Waals surface area contributed by atoms with Crippen LogP contribution in [0.5, 0.6) is 0 Å². The van der Waals surface area contributed by atoms with Crippen LogP contribution in [-0.4, -0.2) is 59.4 Å². The van der Waals surface area contributed by atoms with Gasteiger partial charge in [0.1, 0.15) is 5.71 Å². The molecule has 0 unspecified atom stereocenters. The van der Waals surface area contributed by atoms with Crippen LogP contribution in [0.15, 0.2) is 29.4 Å². The van der Waals surface area contributed by atoms with Gasteiger partial charge in [0.25, 0.3) is 5.91 Å². The lowest BCUT2D eigenvalue weighted by molar-refractivity contribution is -0.136. The molecule has 0 radical (unpaired) electrons. The van der Waals surface area contributed by atoms with Crippen LogP contribution in [0.3, 0.4) is 0 Å². The normalized spacial score (nSPS) is 17.6. The van der Waals surface area contributed by atoms with Gasteiger partial charge in [-0.2, -0.15) is 5.10 Å². The van der Waals surface area contributed by atoms with Crippen molar-refractivity contribution in [1.82, 2.24) is 15.2 Å². The van der Waals surface area contributed by atoms with E-state index in [0.717, 1.165) is 5.56 Å². The molecule has 0 atom stereocenters. The highest BCUT2D eigenvalue weighted by atomic mass is 16.2. The SMILES string of the molecule is CC(C)c1ccc(CC(=O)N2CCN(C(=O)C3=NNC(=O)CC3)CC2)cc1. The van der Waals surface area contributed by atoms with Crippen molar-refractivity contribution in [3.8, 4) is 0 Å². The fraction of sp³-hybridized carbons (Fsp3) is 0.500. The first-order chi connectivity index (χ1) is 12.9. The number of hydrogen-bond donors (Lipinski definition) is 1. The predicted octanol–water partition coefficient (Wildman–Crippen LogP) is 1.29. The molecular weight excluding hydrogens is 344 g/mol. The van der Waals surface area contributed by atoms with Gasteiger partial charge in [0.2, 0.25) is 11.8 Å². The highest BCUT2D eigenvalue weighted by molar-refractivity contribution is 6.39. The zero-order valence-corrected chi connectivity index (χ0v) is 15.9. The van der Waals surface area contributed by atoms with E-state index >= 15 is 0 Å². The Kier molecular flexibility index (Phi) is 5.88. The molecule has 1 fully saturated rings. The van der Waals surface area contributed by atoms with Crippen LogP contribution in [0.2, 0.25) is 0 Å². The molecule has 3 rings (SSSR count). The maximum Gasteiger partial charge on any atom is 0.270 e. The van der Waals surface area contributed by atoms with E-state index in [1.165, 1.54) is 5.56 Å². The zero-order chi connectivity index (χ0) is 19.4. The van der Waals surface area contributed by atoms with Crippen molar-refractivity contribution in [1.29, 1.82) is 0 Å². The van der Waals surface area contributed by atoms with Crippen molar-refractivity contribution in [3.63, 3.8) is 0 Å². The van der Waals surface area contributed by atoms with E-state index in [2.05, 4.69) is 36.5 Å². The van der Waals surface area contributed by atoms with Gasteiger partial charge >= 0.3 is 0 Å².